The van der Waals surface area contributed by atoms with Gasteiger partial charge in [-0.15, -0.1) is 0 Å². The lowest BCUT2D eigenvalue weighted by Gasteiger charge is -2.31. The highest BCUT2D eigenvalue weighted by Crippen LogP contribution is 2.51. The van der Waals surface area contributed by atoms with Gasteiger partial charge in [0.15, 0.2) is 0 Å². The molecule has 0 N–H and O–H groups in total. The van der Waals surface area contributed by atoms with Crippen molar-refractivity contribution in [3.63, 3.8) is 0 Å². The molecule has 1 aromatic carbocycles. The van der Waals surface area contributed by atoms with E-state index in [1.54, 1.807) is 18.2 Å². The Bertz CT molecular complexity index is 636. The Balaban J connectivity index is 1.61. The number of carbonyl (C=O) groups excluding carboxylic acids is 1. The van der Waals surface area contributed by atoms with E-state index in [4.69, 9.17) is 26.1 Å². The van der Waals surface area contributed by atoms with Gasteiger partial charge in [0, 0.05) is 36.6 Å². The normalized spacial score (nSPS) is 33.5. The summed E-state index contributed by atoms with van der Waals surface area (Å²) in [6, 6.07) is 5.66. The summed E-state index contributed by atoms with van der Waals surface area (Å²) in [4.78, 5) is 17.9. The summed E-state index contributed by atoms with van der Waals surface area (Å²) in [6.45, 7) is 0. The van der Waals surface area contributed by atoms with Crippen LogP contribution < -0.4 is 0 Å². The number of carbonyl (C=O) groups is 1. The zero-order chi connectivity index (χ0) is 16.1. The average Bonchev–Trinajstić information content (AvgIpc) is 2.98. The van der Waals surface area contributed by atoms with Gasteiger partial charge in [0.05, 0.1) is 6.04 Å². The first-order chi connectivity index (χ1) is 11.0. The largest absolute Gasteiger partial charge is 0.429 e. The Morgan fingerprint density at radius 3 is 2.70 bits per heavy atom. The van der Waals surface area contributed by atoms with Gasteiger partial charge < -0.3 is 4.74 Å². The fourth-order valence-corrected chi connectivity index (χ4v) is 3.90. The first kappa shape index (κ1) is 15.3. The Labute approximate surface area is 138 Å². The molecule has 2 saturated heterocycles. The van der Waals surface area contributed by atoms with Crippen molar-refractivity contribution >= 4 is 17.7 Å². The second-order valence-electron chi connectivity index (χ2n) is 6.32. The van der Waals surface area contributed by atoms with Crippen LogP contribution in [0.4, 0.5) is 4.39 Å². The quantitative estimate of drug-likeness (QED) is 0.577. The van der Waals surface area contributed by atoms with Crippen LogP contribution in [0.2, 0.25) is 0 Å². The van der Waals surface area contributed by atoms with Crippen molar-refractivity contribution in [3.05, 3.63) is 35.6 Å². The molecular weight excluding hydrogens is 325 g/mol. The molecule has 124 valence electrons. The van der Waals surface area contributed by atoms with E-state index in [0.717, 1.165) is 23.8 Å². The molecule has 23 heavy (non-hydrogen) atoms. The van der Waals surface area contributed by atoms with Crippen LogP contribution >= 0.6 is 11.8 Å². The third-order valence-corrected chi connectivity index (χ3v) is 5.07. The van der Waals surface area contributed by atoms with Gasteiger partial charge in [-0.1, -0.05) is 29.2 Å². The van der Waals surface area contributed by atoms with E-state index in [-0.39, 0.29) is 6.42 Å². The minimum absolute atomic E-state index is 0.0953. The number of hydrogen-bond acceptors (Lipinski definition) is 5. The van der Waals surface area contributed by atoms with E-state index in [9.17, 15) is 9.18 Å². The van der Waals surface area contributed by atoms with E-state index in [1.165, 1.54) is 6.07 Å². The molecule has 0 radical (unpaired) electrons. The summed E-state index contributed by atoms with van der Waals surface area (Å²) in [5.74, 6) is -3.48. The number of rotatable bonds is 1. The summed E-state index contributed by atoms with van der Waals surface area (Å²) < 4.78 is 26.5. The number of esters is 1. The Morgan fingerprint density at radius 2 is 1.96 bits per heavy atom. The number of ether oxygens (including phenoxy) is 2. The van der Waals surface area contributed by atoms with Gasteiger partial charge in [-0.25, -0.2) is 14.0 Å². The van der Waals surface area contributed by atoms with Crippen LogP contribution in [-0.4, -0.2) is 22.1 Å². The van der Waals surface area contributed by atoms with Crippen LogP contribution in [0.3, 0.4) is 0 Å². The molecule has 3 fully saturated rings. The number of hydrogen-bond donors (Lipinski definition) is 0. The predicted molar refractivity (Wildman–Crippen MR) is 78.3 cm³/mol. The van der Waals surface area contributed by atoms with Crippen molar-refractivity contribution in [1.29, 1.82) is 0 Å². The third-order valence-electron chi connectivity index (χ3n) is 4.76. The van der Waals surface area contributed by atoms with E-state index in [1.807, 2.05) is 0 Å². The molecule has 2 atom stereocenters. The summed E-state index contributed by atoms with van der Waals surface area (Å²) >= 11 is 6.10. The molecule has 1 aliphatic carbocycles. The first-order valence-corrected chi connectivity index (χ1v) is 8.20. The van der Waals surface area contributed by atoms with E-state index >= 15 is 0 Å². The van der Waals surface area contributed by atoms with Crippen molar-refractivity contribution < 1.29 is 23.5 Å². The lowest BCUT2D eigenvalue weighted by molar-refractivity contribution is -0.294. The van der Waals surface area contributed by atoms with Gasteiger partial charge in [0.2, 0.25) is 5.79 Å². The van der Waals surface area contributed by atoms with Gasteiger partial charge in [-0.2, -0.15) is 0 Å². The van der Waals surface area contributed by atoms with Gasteiger partial charge in [0.25, 0.3) is 5.79 Å². The second-order valence-corrected chi connectivity index (χ2v) is 6.65. The van der Waals surface area contributed by atoms with Crippen molar-refractivity contribution in [2.75, 3.05) is 0 Å². The number of hydroxylamine groups is 1. The number of benzene rings is 1. The van der Waals surface area contributed by atoms with Gasteiger partial charge in [0.1, 0.15) is 5.82 Å². The third kappa shape index (κ3) is 2.45. The molecule has 3 aliphatic rings. The Hall–Kier alpha value is -1.21. The second kappa shape index (κ2) is 5.41. The molecule has 1 saturated carbocycles. The molecular formula is C16H17ClFNO4. The molecule has 2 aliphatic heterocycles. The maximum absolute atomic E-state index is 14.0. The van der Waals surface area contributed by atoms with Crippen molar-refractivity contribution in [2.24, 2.45) is 0 Å². The zero-order valence-corrected chi connectivity index (χ0v) is 13.2. The summed E-state index contributed by atoms with van der Waals surface area (Å²) in [5, 5.41) is 0. The minimum atomic E-state index is -1.58. The highest BCUT2D eigenvalue weighted by Gasteiger charge is 2.65. The first-order valence-electron chi connectivity index (χ1n) is 7.86. The molecule has 2 heterocycles. The molecule has 0 unspecified atom stereocenters. The lowest BCUT2D eigenvalue weighted by Crippen LogP contribution is -2.39. The number of halogens is 2. The predicted octanol–water partition coefficient (Wildman–Crippen LogP) is 3.59. The van der Waals surface area contributed by atoms with E-state index in [2.05, 4.69) is 0 Å². The maximum Gasteiger partial charge on any atom is 0.371 e. The summed E-state index contributed by atoms with van der Waals surface area (Å²) in [6.07, 6.45) is 4.36. The topological polar surface area (TPSA) is 48.0 Å². The van der Waals surface area contributed by atoms with Gasteiger partial charge >= 0.3 is 5.97 Å². The van der Waals surface area contributed by atoms with Crippen LogP contribution in [0.1, 0.15) is 50.1 Å². The highest BCUT2D eigenvalue weighted by molar-refractivity contribution is 6.13. The average molecular weight is 342 g/mol. The summed E-state index contributed by atoms with van der Waals surface area (Å²) in [7, 11) is 0. The summed E-state index contributed by atoms with van der Waals surface area (Å²) in [5.41, 5.74) is 0.361. The van der Waals surface area contributed by atoms with E-state index < -0.39 is 29.4 Å². The Kier molecular flexibility index (Phi) is 3.61. The molecule has 0 bridgehead atoms. The maximum atomic E-state index is 14.0. The van der Waals surface area contributed by atoms with Gasteiger partial charge in [-0.05, 0) is 18.9 Å². The molecule has 5 nitrogen and oxygen atoms in total. The minimum Gasteiger partial charge on any atom is -0.429 e. The zero-order valence-electron chi connectivity index (χ0n) is 12.5. The van der Waals surface area contributed by atoms with Crippen molar-refractivity contribution in [2.45, 2.75) is 56.1 Å². The van der Waals surface area contributed by atoms with Gasteiger partial charge in [-0.3, -0.25) is 4.74 Å². The fourth-order valence-electron chi connectivity index (χ4n) is 3.62. The van der Waals surface area contributed by atoms with Crippen LogP contribution in [-0.2, 0) is 19.1 Å². The van der Waals surface area contributed by atoms with Crippen LogP contribution in [0.15, 0.2) is 24.3 Å². The smallest absolute Gasteiger partial charge is 0.371 e. The molecule has 0 aromatic heterocycles. The molecule has 0 amide bonds. The highest BCUT2D eigenvalue weighted by atomic mass is 35.5. The molecule has 1 aromatic rings. The van der Waals surface area contributed by atoms with Crippen LogP contribution in [0, 0.1) is 5.82 Å². The van der Waals surface area contributed by atoms with E-state index in [0.29, 0.717) is 18.4 Å². The fraction of sp³-hybridized carbons (Fsp3) is 0.562. The number of nitrogens with zero attached hydrogens (tertiary/aromatic N) is 1. The molecule has 2 spiro atoms. The monoisotopic (exact) mass is 341 g/mol. The van der Waals surface area contributed by atoms with Crippen molar-refractivity contribution in [3.8, 4) is 0 Å². The SMILES string of the molecule is O=C1OC2(CCCCC2)O[C@@]12C[C@H](c1ccccc1F)N(Cl)O2. The lowest BCUT2D eigenvalue weighted by atomic mass is 9.94. The molecule has 7 heteroatoms. The van der Waals surface area contributed by atoms with Crippen molar-refractivity contribution in [1.82, 2.24) is 4.58 Å². The van der Waals surface area contributed by atoms with Crippen LogP contribution in [0.25, 0.3) is 0 Å². The molecule has 4 rings (SSSR count). The van der Waals surface area contributed by atoms with Crippen LogP contribution in [0.5, 0.6) is 0 Å². The standard InChI is InChI=1S/C16H17ClFNO4/c17-19-13(11-6-2-3-7-12(11)18)10-16(23-19)14(20)21-15(22-16)8-4-1-5-9-15/h2-3,6-7,13H,1,4-5,8-10H2/t13-,16-/m1/s1. The Morgan fingerprint density at radius 1 is 1.22 bits per heavy atom.